The Morgan fingerprint density at radius 3 is 2.32 bits per heavy atom. The second-order valence-corrected chi connectivity index (χ2v) is 5.53. The van der Waals surface area contributed by atoms with E-state index in [2.05, 4.69) is 26.7 Å². The summed E-state index contributed by atoms with van der Waals surface area (Å²) in [5, 5.41) is 4.19. The first-order valence-electron chi connectivity index (χ1n) is 6.68. The minimum absolute atomic E-state index is 0.0912. The molecule has 6 heteroatoms. The lowest BCUT2D eigenvalue weighted by molar-refractivity contribution is -0.120. The number of carbonyl (C=O) groups excluding carboxylic acids is 2. The van der Waals surface area contributed by atoms with E-state index in [1.54, 1.807) is 36.3 Å². The number of anilines is 1. The minimum Gasteiger partial charge on any atom is -0.343 e. The Hall–Kier alpha value is -2.34. The number of hydrogen-bond donors (Lipinski definition) is 2. The zero-order chi connectivity index (χ0) is 15.9. The fraction of sp³-hybridized carbons (Fsp3) is 0.125. The lowest BCUT2D eigenvalue weighted by atomic mass is 10.2. The number of rotatable bonds is 5. The van der Waals surface area contributed by atoms with Gasteiger partial charge >= 0.3 is 0 Å². The van der Waals surface area contributed by atoms with Gasteiger partial charge in [0.15, 0.2) is 0 Å². The Balaban J connectivity index is 1.82. The summed E-state index contributed by atoms with van der Waals surface area (Å²) < 4.78 is 0.895. The zero-order valence-corrected chi connectivity index (χ0v) is 13.6. The molecular formula is C16H16BrN3O2. The summed E-state index contributed by atoms with van der Waals surface area (Å²) in [4.78, 5) is 23.7. The fourth-order valence-electron chi connectivity index (χ4n) is 1.81. The minimum atomic E-state index is -0.295. The van der Waals surface area contributed by atoms with Crippen molar-refractivity contribution in [2.24, 2.45) is 0 Å². The van der Waals surface area contributed by atoms with E-state index >= 15 is 0 Å². The number of halogens is 1. The lowest BCUT2D eigenvalue weighted by Gasteiger charge is -2.20. The molecule has 2 aromatic rings. The van der Waals surface area contributed by atoms with E-state index < -0.39 is 0 Å². The average Bonchev–Trinajstić information content (AvgIpc) is 2.54. The molecule has 2 amide bonds. The number of nitrogens with zero attached hydrogens (tertiary/aromatic N) is 1. The Morgan fingerprint density at radius 2 is 1.68 bits per heavy atom. The van der Waals surface area contributed by atoms with Crippen LogP contribution in [-0.4, -0.2) is 25.4 Å². The van der Waals surface area contributed by atoms with Gasteiger partial charge in [0.2, 0.25) is 0 Å². The third-order valence-electron chi connectivity index (χ3n) is 2.95. The summed E-state index contributed by atoms with van der Waals surface area (Å²) in [6.45, 7) is -0.0912. The van der Waals surface area contributed by atoms with Gasteiger partial charge in [0.05, 0.1) is 12.2 Å². The molecule has 2 N–H and O–H groups in total. The Labute approximate surface area is 137 Å². The van der Waals surface area contributed by atoms with Crippen LogP contribution >= 0.6 is 15.9 Å². The molecule has 114 valence electrons. The number of para-hydroxylation sites is 1. The smallest absolute Gasteiger partial charge is 0.257 e. The van der Waals surface area contributed by atoms with E-state index in [-0.39, 0.29) is 18.4 Å². The number of hydrogen-bond acceptors (Lipinski definition) is 3. The molecule has 0 radical (unpaired) electrons. The molecule has 0 fully saturated rings. The van der Waals surface area contributed by atoms with Crippen LogP contribution in [0.1, 0.15) is 10.4 Å². The van der Waals surface area contributed by atoms with Crippen LogP contribution in [0.5, 0.6) is 0 Å². The van der Waals surface area contributed by atoms with Crippen molar-refractivity contribution in [1.82, 2.24) is 10.7 Å². The Morgan fingerprint density at radius 1 is 1.05 bits per heavy atom. The van der Waals surface area contributed by atoms with Crippen molar-refractivity contribution < 1.29 is 9.59 Å². The second-order valence-electron chi connectivity index (χ2n) is 4.62. The van der Waals surface area contributed by atoms with Gasteiger partial charge < -0.3 is 5.32 Å². The highest BCUT2D eigenvalue weighted by Gasteiger charge is 2.09. The Bertz CT molecular complexity index is 644. The van der Waals surface area contributed by atoms with E-state index in [1.807, 2.05) is 30.3 Å². The van der Waals surface area contributed by atoms with Crippen molar-refractivity contribution in [2.75, 3.05) is 18.6 Å². The van der Waals surface area contributed by atoms with Crippen LogP contribution in [0.3, 0.4) is 0 Å². The number of benzene rings is 2. The second kappa shape index (κ2) is 7.61. The molecule has 22 heavy (non-hydrogen) atoms. The van der Waals surface area contributed by atoms with Crippen LogP contribution < -0.4 is 15.8 Å². The number of carbonyl (C=O) groups is 2. The highest BCUT2D eigenvalue weighted by molar-refractivity contribution is 9.10. The first kappa shape index (κ1) is 16.0. The van der Waals surface area contributed by atoms with Gasteiger partial charge in [-0.25, -0.2) is 0 Å². The molecule has 5 nitrogen and oxygen atoms in total. The molecule has 2 aromatic carbocycles. The molecule has 0 heterocycles. The van der Waals surface area contributed by atoms with Gasteiger partial charge in [-0.05, 0) is 36.4 Å². The number of nitrogens with one attached hydrogen (secondary N) is 2. The van der Waals surface area contributed by atoms with E-state index in [0.29, 0.717) is 5.56 Å². The normalized spacial score (nSPS) is 9.91. The molecule has 0 aliphatic heterocycles. The van der Waals surface area contributed by atoms with Crippen molar-refractivity contribution in [1.29, 1.82) is 0 Å². The molecule has 0 saturated carbocycles. The van der Waals surface area contributed by atoms with Crippen molar-refractivity contribution in [3.05, 3.63) is 64.6 Å². The molecule has 0 aromatic heterocycles. The maximum absolute atomic E-state index is 11.9. The first-order chi connectivity index (χ1) is 10.6. The monoisotopic (exact) mass is 361 g/mol. The van der Waals surface area contributed by atoms with Gasteiger partial charge in [-0.1, -0.05) is 34.1 Å². The van der Waals surface area contributed by atoms with Crippen LogP contribution in [0.4, 0.5) is 5.69 Å². The third kappa shape index (κ3) is 4.60. The average molecular weight is 362 g/mol. The molecular weight excluding hydrogens is 346 g/mol. The van der Waals surface area contributed by atoms with Crippen molar-refractivity contribution in [3.63, 3.8) is 0 Å². The maximum Gasteiger partial charge on any atom is 0.257 e. The van der Waals surface area contributed by atoms with Crippen LogP contribution in [0.2, 0.25) is 0 Å². The third-order valence-corrected chi connectivity index (χ3v) is 3.48. The fourth-order valence-corrected chi connectivity index (χ4v) is 2.07. The zero-order valence-electron chi connectivity index (χ0n) is 12.0. The summed E-state index contributed by atoms with van der Waals surface area (Å²) in [5.74, 6) is -0.582. The van der Waals surface area contributed by atoms with Gasteiger partial charge in [0, 0.05) is 17.1 Å². The van der Waals surface area contributed by atoms with Crippen LogP contribution in [0.15, 0.2) is 59.1 Å². The predicted molar refractivity (Wildman–Crippen MR) is 89.5 cm³/mol. The molecule has 0 atom stereocenters. The summed E-state index contributed by atoms with van der Waals surface area (Å²) in [7, 11) is 1.74. The Kier molecular flexibility index (Phi) is 5.55. The quantitative estimate of drug-likeness (QED) is 0.803. The van der Waals surface area contributed by atoms with Crippen molar-refractivity contribution in [3.8, 4) is 0 Å². The SMILES string of the molecule is CN(NC(=O)CNC(=O)c1ccc(Br)cc1)c1ccccc1. The first-order valence-corrected chi connectivity index (χ1v) is 7.47. The van der Waals surface area contributed by atoms with Gasteiger partial charge in [-0.2, -0.15) is 0 Å². The number of amides is 2. The number of hydrazine groups is 1. The van der Waals surface area contributed by atoms with Gasteiger partial charge in [-0.3, -0.25) is 20.0 Å². The van der Waals surface area contributed by atoms with Crippen molar-refractivity contribution >= 4 is 33.4 Å². The maximum atomic E-state index is 11.9. The molecule has 0 spiro atoms. The molecule has 2 rings (SSSR count). The summed E-state index contributed by atoms with van der Waals surface area (Å²) in [5.41, 5.74) is 4.05. The van der Waals surface area contributed by atoms with Gasteiger partial charge in [0.1, 0.15) is 0 Å². The molecule has 0 bridgehead atoms. The summed E-state index contributed by atoms with van der Waals surface area (Å²) >= 11 is 3.30. The summed E-state index contributed by atoms with van der Waals surface area (Å²) in [6, 6.07) is 16.3. The van der Waals surface area contributed by atoms with Crippen molar-refractivity contribution in [2.45, 2.75) is 0 Å². The molecule has 0 aliphatic carbocycles. The largest absolute Gasteiger partial charge is 0.343 e. The summed E-state index contributed by atoms with van der Waals surface area (Å²) in [6.07, 6.45) is 0. The van der Waals surface area contributed by atoms with E-state index in [4.69, 9.17) is 0 Å². The molecule has 0 unspecified atom stereocenters. The van der Waals surface area contributed by atoms with Gasteiger partial charge in [0.25, 0.3) is 11.8 Å². The van der Waals surface area contributed by atoms with Crippen LogP contribution in [-0.2, 0) is 4.79 Å². The highest BCUT2D eigenvalue weighted by atomic mass is 79.9. The highest BCUT2D eigenvalue weighted by Crippen LogP contribution is 2.10. The van der Waals surface area contributed by atoms with Crippen LogP contribution in [0, 0.1) is 0 Å². The lowest BCUT2D eigenvalue weighted by Crippen LogP contribution is -2.45. The standard InChI is InChI=1S/C16H16BrN3O2/c1-20(14-5-3-2-4-6-14)19-15(21)11-18-16(22)12-7-9-13(17)10-8-12/h2-10H,11H2,1H3,(H,18,22)(H,19,21). The van der Waals surface area contributed by atoms with E-state index in [9.17, 15) is 9.59 Å². The molecule has 0 saturated heterocycles. The van der Waals surface area contributed by atoms with E-state index in [1.165, 1.54) is 0 Å². The van der Waals surface area contributed by atoms with Crippen LogP contribution in [0.25, 0.3) is 0 Å². The van der Waals surface area contributed by atoms with E-state index in [0.717, 1.165) is 10.2 Å². The predicted octanol–water partition coefficient (Wildman–Crippen LogP) is 2.35. The van der Waals surface area contributed by atoms with Gasteiger partial charge in [-0.15, -0.1) is 0 Å². The molecule has 0 aliphatic rings. The topological polar surface area (TPSA) is 61.4 Å².